The molecule has 1 aromatic rings. The molecule has 0 aliphatic carbocycles. The fraction of sp³-hybridized carbons (Fsp3) is 0.583. The van der Waals surface area contributed by atoms with E-state index >= 15 is 0 Å². The van der Waals surface area contributed by atoms with Gasteiger partial charge in [-0.15, -0.1) is 0 Å². The number of hydrogen-bond acceptors (Lipinski definition) is 4. The maximum atomic E-state index is 10.6. The topological polar surface area (TPSA) is 56.9 Å². The number of carboxylic acid groups (broad SMARTS) is 1. The second-order valence-electron chi connectivity index (χ2n) is 4.47. The molecule has 1 rings (SSSR count). The third-order valence-corrected chi connectivity index (χ3v) is 2.44. The molecular weight excluding hydrogens is 220 g/mol. The Morgan fingerprint density at radius 2 is 2.00 bits per heavy atom. The van der Waals surface area contributed by atoms with Gasteiger partial charge >= 0.3 is 5.97 Å². The summed E-state index contributed by atoms with van der Waals surface area (Å²) >= 11 is 0. The summed E-state index contributed by atoms with van der Waals surface area (Å²) in [4.78, 5) is 14.9. The van der Waals surface area contributed by atoms with E-state index < -0.39 is 5.97 Å². The van der Waals surface area contributed by atoms with Crippen molar-refractivity contribution in [2.24, 2.45) is 0 Å². The summed E-state index contributed by atoms with van der Waals surface area (Å²) in [6, 6.07) is 3.21. The molecule has 0 spiro atoms. The molecule has 0 bridgehead atoms. The van der Waals surface area contributed by atoms with Crippen molar-refractivity contribution in [3.63, 3.8) is 0 Å². The molecule has 96 valence electrons. The molecule has 1 N–H and O–H groups in total. The van der Waals surface area contributed by atoms with Crippen LogP contribution in [0, 0.1) is 0 Å². The van der Waals surface area contributed by atoms with Gasteiger partial charge in [0, 0.05) is 0 Å². The smallest absolute Gasteiger partial charge is 0.371 e. The highest BCUT2D eigenvalue weighted by atomic mass is 16.4. The first-order chi connectivity index (χ1) is 7.99. The van der Waals surface area contributed by atoms with Gasteiger partial charge in [-0.05, 0) is 52.8 Å². The minimum Gasteiger partial charge on any atom is -0.475 e. The van der Waals surface area contributed by atoms with Gasteiger partial charge < -0.3 is 14.4 Å². The van der Waals surface area contributed by atoms with Crippen LogP contribution in [0.1, 0.15) is 22.7 Å². The number of carbonyl (C=O) groups is 1. The van der Waals surface area contributed by atoms with Gasteiger partial charge in [0.05, 0.1) is 6.54 Å². The van der Waals surface area contributed by atoms with E-state index in [0.29, 0.717) is 12.3 Å². The highest BCUT2D eigenvalue weighted by Gasteiger charge is 2.10. The van der Waals surface area contributed by atoms with E-state index in [1.165, 1.54) is 6.07 Å². The molecule has 0 saturated heterocycles. The number of carboxylic acids is 1. The second kappa shape index (κ2) is 6.42. The van der Waals surface area contributed by atoms with Crippen LogP contribution in [0.15, 0.2) is 16.5 Å². The molecule has 0 aliphatic heterocycles. The third-order valence-electron chi connectivity index (χ3n) is 2.44. The van der Waals surface area contributed by atoms with Crippen LogP contribution >= 0.6 is 0 Å². The summed E-state index contributed by atoms with van der Waals surface area (Å²) in [5, 5.41) is 8.72. The number of nitrogens with zero attached hydrogens (tertiary/aromatic N) is 2. The molecule has 0 saturated carbocycles. The number of furan rings is 1. The summed E-state index contributed by atoms with van der Waals surface area (Å²) in [5.41, 5.74) is 0. The van der Waals surface area contributed by atoms with Crippen LogP contribution in [0.5, 0.6) is 0 Å². The fourth-order valence-electron chi connectivity index (χ4n) is 1.58. The zero-order valence-corrected chi connectivity index (χ0v) is 10.6. The molecule has 1 aromatic heterocycles. The van der Waals surface area contributed by atoms with Crippen LogP contribution in [0.4, 0.5) is 0 Å². The van der Waals surface area contributed by atoms with Crippen molar-refractivity contribution in [3.05, 3.63) is 23.7 Å². The predicted octanol–water partition coefficient (Wildman–Crippen LogP) is 1.36. The summed E-state index contributed by atoms with van der Waals surface area (Å²) in [7, 11) is 6.09. The fourth-order valence-corrected chi connectivity index (χ4v) is 1.58. The molecule has 0 fully saturated rings. The van der Waals surface area contributed by atoms with E-state index in [0.717, 1.165) is 19.5 Å². The molecular formula is C12H20N2O3. The lowest BCUT2D eigenvalue weighted by Crippen LogP contribution is -2.23. The zero-order valence-electron chi connectivity index (χ0n) is 10.6. The summed E-state index contributed by atoms with van der Waals surface area (Å²) < 4.78 is 5.19. The van der Waals surface area contributed by atoms with Gasteiger partial charge in [-0.1, -0.05) is 0 Å². The van der Waals surface area contributed by atoms with Gasteiger partial charge in [-0.3, -0.25) is 4.90 Å². The average molecular weight is 240 g/mol. The normalized spacial score (nSPS) is 11.4. The third kappa shape index (κ3) is 5.01. The van der Waals surface area contributed by atoms with E-state index in [-0.39, 0.29) is 5.76 Å². The van der Waals surface area contributed by atoms with Crippen molar-refractivity contribution in [2.45, 2.75) is 13.0 Å². The van der Waals surface area contributed by atoms with Crippen molar-refractivity contribution in [3.8, 4) is 0 Å². The Hall–Kier alpha value is -1.33. The lowest BCUT2D eigenvalue weighted by atomic mass is 10.3. The Morgan fingerprint density at radius 3 is 2.53 bits per heavy atom. The second-order valence-corrected chi connectivity index (χ2v) is 4.47. The standard InChI is InChI=1S/C12H20N2O3/c1-13(2)7-4-8-14(3)9-10-5-6-11(17-10)12(15)16/h5-6H,4,7-9H2,1-3H3,(H,15,16). The van der Waals surface area contributed by atoms with Crippen LogP contribution < -0.4 is 0 Å². The molecule has 5 heteroatoms. The lowest BCUT2D eigenvalue weighted by Gasteiger charge is -2.16. The lowest BCUT2D eigenvalue weighted by molar-refractivity contribution is 0.0658. The van der Waals surface area contributed by atoms with Crippen LogP contribution in [-0.2, 0) is 6.54 Å². The molecule has 0 unspecified atom stereocenters. The number of aromatic carboxylic acids is 1. The molecule has 5 nitrogen and oxygen atoms in total. The number of rotatable bonds is 7. The van der Waals surface area contributed by atoms with Crippen molar-refractivity contribution in [1.29, 1.82) is 0 Å². The van der Waals surface area contributed by atoms with Crippen LogP contribution in [0.2, 0.25) is 0 Å². The summed E-state index contributed by atoms with van der Waals surface area (Å²) in [6.45, 7) is 2.64. The largest absolute Gasteiger partial charge is 0.475 e. The maximum absolute atomic E-state index is 10.6. The van der Waals surface area contributed by atoms with Gasteiger partial charge in [0.25, 0.3) is 0 Å². The van der Waals surface area contributed by atoms with E-state index in [1.54, 1.807) is 6.07 Å². The quantitative estimate of drug-likeness (QED) is 0.780. The van der Waals surface area contributed by atoms with E-state index in [1.807, 2.05) is 21.1 Å². The average Bonchev–Trinajstić information content (AvgIpc) is 2.65. The minimum atomic E-state index is -1.02. The van der Waals surface area contributed by atoms with E-state index in [9.17, 15) is 4.79 Å². The molecule has 1 heterocycles. The van der Waals surface area contributed by atoms with Crippen molar-refractivity contribution < 1.29 is 14.3 Å². The highest BCUT2D eigenvalue weighted by Crippen LogP contribution is 2.10. The van der Waals surface area contributed by atoms with Gasteiger partial charge in [0.1, 0.15) is 5.76 Å². The molecule has 17 heavy (non-hydrogen) atoms. The highest BCUT2D eigenvalue weighted by molar-refractivity contribution is 5.84. The molecule has 0 radical (unpaired) electrons. The first-order valence-electron chi connectivity index (χ1n) is 5.64. The Labute approximate surface area is 102 Å². The Balaban J connectivity index is 2.34. The summed E-state index contributed by atoms with van der Waals surface area (Å²) in [6.07, 6.45) is 1.08. The van der Waals surface area contributed by atoms with Crippen molar-refractivity contribution in [2.75, 3.05) is 34.2 Å². The molecule has 0 aliphatic rings. The zero-order chi connectivity index (χ0) is 12.8. The number of hydrogen-bond donors (Lipinski definition) is 1. The Bertz CT molecular complexity index is 360. The van der Waals surface area contributed by atoms with Crippen LogP contribution in [-0.4, -0.2) is 55.1 Å². The van der Waals surface area contributed by atoms with Gasteiger partial charge in [0.2, 0.25) is 5.76 Å². The Morgan fingerprint density at radius 1 is 1.29 bits per heavy atom. The minimum absolute atomic E-state index is 0.00157. The van der Waals surface area contributed by atoms with Crippen LogP contribution in [0.3, 0.4) is 0 Å². The van der Waals surface area contributed by atoms with Crippen LogP contribution in [0.25, 0.3) is 0 Å². The molecule has 0 aromatic carbocycles. The van der Waals surface area contributed by atoms with E-state index in [2.05, 4.69) is 9.80 Å². The van der Waals surface area contributed by atoms with Gasteiger partial charge in [-0.25, -0.2) is 4.79 Å². The van der Waals surface area contributed by atoms with Gasteiger partial charge in [-0.2, -0.15) is 0 Å². The SMILES string of the molecule is CN(C)CCCN(C)Cc1ccc(C(=O)O)o1. The molecule has 0 amide bonds. The van der Waals surface area contributed by atoms with E-state index in [4.69, 9.17) is 9.52 Å². The summed E-state index contributed by atoms with van der Waals surface area (Å²) in [5.74, 6) is -0.331. The van der Waals surface area contributed by atoms with Crippen molar-refractivity contribution in [1.82, 2.24) is 9.80 Å². The maximum Gasteiger partial charge on any atom is 0.371 e. The predicted molar refractivity (Wildman–Crippen MR) is 65.2 cm³/mol. The van der Waals surface area contributed by atoms with Crippen molar-refractivity contribution >= 4 is 5.97 Å². The monoisotopic (exact) mass is 240 g/mol. The first kappa shape index (κ1) is 13.7. The van der Waals surface area contributed by atoms with Gasteiger partial charge in [0.15, 0.2) is 0 Å². The Kier molecular flexibility index (Phi) is 5.18. The first-order valence-corrected chi connectivity index (χ1v) is 5.64. The molecule has 0 atom stereocenters.